The van der Waals surface area contributed by atoms with E-state index >= 15 is 0 Å². The lowest BCUT2D eigenvalue weighted by Crippen LogP contribution is -2.16. The largest absolute Gasteiger partial charge is 0.378 e. The summed E-state index contributed by atoms with van der Waals surface area (Å²) in [6.07, 6.45) is 1.68. The third-order valence-electron chi connectivity index (χ3n) is 3.96. The van der Waals surface area contributed by atoms with Gasteiger partial charge in [0.2, 0.25) is 11.8 Å². The van der Waals surface area contributed by atoms with E-state index in [-0.39, 0.29) is 11.5 Å². The summed E-state index contributed by atoms with van der Waals surface area (Å²) < 4.78 is 0. The molecular formula is C19H20N8O2S. The van der Waals surface area contributed by atoms with Crippen molar-refractivity contribution in [3.05, 3.63) is 58.8 Å². The Morgan fingerprint density at radius 1 is 1.13 bits per heavy atom. The molecule has 3 aromatic rings. The van der Waals surface area contributed by atoms with Gasteiger partial charge in [-0.1, -0.05) is 42.5 Å². The minimum atomic E-state index is -0.570. The van der Waals surface area contributed by atoms with E-state index in [2.05, 4.69) is 30.9 Å². The molecule has 2 aromatic heterocycles. The molecule has 0 aliphatic heterocycles. The number of nitrogens with one attached hydrogen (secondary N) is 3. The van der Waals surface area contributed by atoms with Gasteiger partial charge in [-0.25, -0.2) is 15.0 Å². The van der Waals surface area contributed by atoms with Gasteiger partial charge in [0.05, 0.1) is 27.5 Å². The van der Waals surface area contributed by atoms with Crippen molar-refractivity contribution < 1.29 is 4.92 Å². The van der Waals surface area contributed by atoms with Crippen LogP contribution in [0.4, 0.5) is 29.0 Å². The van der Waals surface area contributed by atoms with Crippen LogP contribution in [0.2, 0.25) is 0 Å². The summed E-state index contributed by atoms with van der Waals surface area (Å²) in [6.45, 7) is 2.76. The number of rotatable bonds is 8. The normalized spacial score (nSPS) is 10.3. The highest BCUT2D eigenvalue weighted by Crippen LogP contribution is 2.26. The molecule has 1 aromatic carbocycles. The average Bonchev–Trinajstić information content (AvgIpc) is 2.72. The second-order valence-corrected chi connectivity index (χ2v) is 6.83. The molecule has 5 N–H and O–H groups in total. The number of thiocarbonyl (C=S) groups is 1. The fourth-order valence-electron chi connectivity index (χ4n) is 2.65. The van der Waals surface area contributed by atoms with Gasteiger partial charge in [0.25, 0.3) is 0 Å². The van der Waals surface area contributed by atoms with E-state index in [1.807, 2.05) is 30.3 Å². The molecule has 11 heteroatoms. The molecule has 0 bridgehead atoms. The molecule has 3 rings (SSSR count). The van der Waals surface area contributed by atoms with Crippen LogP contribution in [0.25, 0.3) is 11.3 Å². The molecular weight excluding hydrogens is 404 g/mol. The summed E-state index contributed by atoms with van der Waals surface area (Å²) in [5.41, 5.74) is 7.77. The number of pyridine rings is 1. The molecule has 0 atom stereocenters. The Bertz CT molecular complexity index is 1060. The first-order valence-corrected chi connectivity index (χ1v) is 9.43. The van der Waals surface area contributed by atoms with Crippen LogP contribution >= 0.6 is 12.2 Å². The summed E-state index contributed by atoms with van der Waals surface area (Å²) in [5, 5.41) is 20.1. The molecule has 0 saturated heterocycles. The van der Waals surface area contributed by atoms with E-state index in [1.54, 1.807) is 13.1 Å². The Balaban J connectivity index is 1.65. The zero-order valence-electron chi connectivity index (χ0n) is 16.1. The zero-order chi connectivity index (χ0) is 21.5. The summed E-state index contributed by atoms with van der Waals surface area (Å²) >= 11 is 5.14. The van der Waals surface area contributed by atoms with Crippen molar-refractivity contribution in [1.82, 2.24) is 15.0 Å². The lowest BCUT2D eigenvalue weighted by atomic mass is 10.1. The standard InChI is InChI=1S/C19H20N8O2S/c1-12(30)24-14-11-23-19(26-17(14)13-5-3-2-4-6-13)22-10-9-21-16-8-7-15(27(28)29)18(20)25-16/h2-8,11H,9-10H2,1H3,(H,24,30)(H3,20,21,25)(H,22,23,26). The number of aromatic nitrogens is 3. The monoisotopic (exact) mass is 424 g/mol. The van der Waals surface area contributed by atoms with Crippen molar-refractivity contribution in [2.75, 3.05) is 34.8 Å². The third kappa shape index (κ3) is 5.35. The van der Waals surface area contributed by atoms with Gasteiger partial charge in [-0.15, -0.1) is 0 Å². The minimum Gasteiger partial charge on any atom is -0.378 e. The number of hydrogen-bond acceptors (Lipinski definition) is 9. The Morgan fingerprint density at radius 2 is 1.87 bits per heavy atom. The fraction of sp³-hybridized carbons (Fsp3) is 0.158. The van der Waals surface area contributed by atoms with Crippen molar-refractivity contribution in [3.8, 4) is 11.3 Å². The van der Waals surface area contributed by atoms with Crippen LogP contribution in [0.3, 0.4) is 0 Å². The molecule has 0 aliphatic carbocycles. The molecule has 0 saturated carbocycles. The lowest BCUT2D eigenvalue weighted by Gasteiger charge is -2.13. The Hall–Kier alpha value is -3.86. The lowest BCUT2D eigenvalue weighted by molar-refractivity contribution is -0.384. The van der Waals surface area contributed by atoms with Crippen LogP contribution < -0.4 is 21.7 Å². The molecule has 0 amide bonds. The summed E-state index contributed by atoms with van der Waals surface area (Å²) in [6, 6.07) is 12.6. The quantitative estimate of drug-likeness (QED) is 0.184. The predicted octanol–water partition coefficient (Wildman–Crippen LogP) is 3.31. The van der Waals surface area contributed by atoms with Crippen molar-refractivity contribution in [2.24, 2.45) is 0 Å². The molecule has 10 nitrogen and oxygen atoms in total. The van der Waals surface area contributed by atoms with Gasteiger partial charge in [0.15, 0.2) is 0 Å². The van der Waals surface area contributed by atoms with Gasteiger partial charge in [0, 0.05) is 24.7 Å². The smallest absolute Gasteiger partial charge is 0.311 e. The highest BCUT2D eigenvalue weighted by atomic mass is 32.1. The van der Waals surface area contributed by atoms with Crippen LogP contribution in [-0.4, -0.2) is 38.0 Å². The summed E-state index contributed by atoms with van der Waals surface area (Å²) in [5.74, 6) is 0.770. The first-order chi connectivity index (χ1) is 14.4. The second-order valence-electron chi connectivity index (χ2n) is 6.21. The summed E-state index contributed by atoms with van der Waals surface area (Å²) in [7, 11) is 0. The van der Waals surface area contributed by atoms with Gasteiger partial charge >= 0.3 is 5.69 Å². The first kappa shape index (κ1) is 20.9. The van der Waals surface area contributed by atoms with E-state index in [0.717, 1.165) is 16.9 Å². The Labute approximate surface area is 178 Å². The average molecular weight is 424 g/mol. The number of nitrogen functional groups attached to an aromatic ring is 1. The highest BCUT2D eigenvalue weighted by Gasteiger charge is 2.13. The number of nitrogens with two attached hydrogens (primary N) is 1. The fourth-order valence-corrected chi connectivity index (χ4v) is 2.76. The van der Waals surface area contributed by atoms with Crippen molar-refractivity contribution in [1.29, 1.82) is 0 Å². The van der Waals surface area contributed by atoms with Crippen LogP contribution in [0.15, 0.2) is 48.7 Å². The molecule has 0 aliphatic rings. The maximum absolute atomic E-state index is 10.8. The topological polar surface area (TPSA) is 144 Å². The molecule has 0 radical (unpaired) electrons. The van der Waals surface area contributed by atoms with E-state index in [1.165, 1.54) is 12.1 Å². The van der Waals surface area contributed by atoms with E-state index in [9.17, 15) is 10.1 Å². The molecule has 30 heavy (non-hydrogen) atoms. The molecule has 2 heterocycles. The number of anilines is 4. The summed E-state index contributed by atoms with van der Waals surface area (Å²) in [4.78, 5) is 23.7. The van der Waals surface area contributed by atoms with E-state index < -0.39 is 4.92 Å². The van der Waals surface area contributed by atoms with Crippen LogP contribution in [0, 0.1) is 10.1 Å². The van der Waals surface area contributed by atoms with Gasteiger partial charge in [-0.2, -0.15) is 0 Å². The second kappa shape index (κ2) is 9.56. The minimum absolute atomic E-state index is 0.134. The van der Waals surface area contributed by atoms with Gasteiger partial charge in [-0.3, -0.25) is 10.1 Å². The van der Waals surface area contributed by atoms with E-state index in [0.29, 0.717) is 29.8 Å². The van der Waals surface area contributed by atoms with Gasteiger partial charge in [0.1, 0.15) is 5.82 Å². The molecule has 154 valence electrons. The zero-order valence-corrected chi connectivity index (χ0v) is 16.9. The molecule has 0 fully saturated rings. The van der Waals surface area contributed by atoms with E-state index in [4.69, 9.17) is 18.0 Å². The van der Waals surface area contributed by atoms with Crippen molar-refractivity contribution in [3.63, 3.8) is 0 Å². The third-order valence-corrected chi connectivity index (χ3v) is 4.06. The Kier molecular flexibility index (Phi) is 6.65. The Morgan fingerprint density at radius 3 is 2.53 bits per heavy atom. The SMILES string of the molecule is CC(=S)Nc1cnc(NCCNc2ccc([N+](=O)[O-])c(N)n2)nc1-c1ccccc1. The predicted molar refractivity (Wildman–Crippen MR) is 122 cm³/mol. The molecule has 0 unspecified atom stereocenters. The van der Waals surface area contributed by atoms with Gasteiger partial charge in [-0.05, 0) is 13.0 Å². The van der Waals surface area contributed by atoms with Crippen LogP contribution in [-0.2, 0) is 0 Å². The maximum atomic E-state index is 10.8. The van der Waals surface area contributed by atoms with Gasteiger partial charge < -0.3 is 21.7 Å². The number of hydrogen-bond donors (Lipinski definition) is 4. The number of benzene rings is 1. The highest BCUT2D eigenvalue weighted by molar-refractivity contribution is 7.80. The first-order valence-electron chi connectivity index (χ1n) is 9.02. The van der Waals surface area contributed by atoms with Crippen molar-refractivity contribution >= 4 is 46.2 Å². The number of nitrogens with zero attached hydrogens (tertiary/aromatic N) is 4. The van der Waals surface area contributed by atoms with Crippen molar-refractivity contribution in [2.45, 2.75) is 6.92 Å². The molecule has 0 spiro atoms. The van der Waals surface area contributed by atoms with Crippen LogP contribution in [0.5, 0.6) is 0 Å². The number of nitro groups is 1. The maximum Gasteiger partial charge on any atom is 0.311 e. The van der Waals surface area contributed by atoms with Crippen LogP contribution in [0.1, 0.15) is 6.92 Å².